The molecule has 88 valence electrons. The van der Waals surface area contributed by atoms with Gasteiger partial charge in [-0.15, -0.1) is 0 Å². The topological polar surface area (TPSA) is 30.5 Å². The molecule has 1 heterocycles. The van der Waals surface area contributed by atoms with Gasteiger partial charge < -0.3 is 14.8 Å². The first-order chi connectivity index (χ1) is 7.81. The van der Waals surface area contributed by atoms with Crippen LogP contribution in [0.2, 0.25) is 0 Å². The first-order valence-corrected chi connectivity index (χ1v) is 5.96. The second-order valence-corrected chi connectivity index (χ2v) is 4.16. The van der Waals surface area contributed by atoms with Gasteiger partial charge in [0.2, 0.25) is 0 Å². The maximum atomic E-state index is 5.65. The quantitative estimate of drug-likeness (QED) is 0.847. The number of anilines is 1. The molecule has 3 heteroatoms. The minimum absolute atomic E-state index is 0.460. The highest BCUT2D eigenvalue weighted by molar-refractivity contribution is 5.63. The van der Waals surface area contributed by atoms with Crippen molar-refractivity contribution in [1.82, 2.24) is 0 Å². The molecule has 1 atom stereocenters. The van der Waals surface area contributed by atoms with Gasteiger partial charge in [0.25, 0.3) is 0 Å². The first-order valence-electron chi connectivity index (χ1n) is 5.96. The lowest BCUT2D eigenvalue weighted by molar-refractivity contribution is 0.172. The first kappa shape index (κ1) is 11.1. The van der Waals surface area contributed by atoms with Crippen molar-refractivity contribution >= 4 is 5.69 Å². The van der Waals surface area contributed by atoms with E-state index < -0.39 is 0 Å². The van der Waals surface area contributed by atoms with Crippen LogP contribution >= 0.6 is 0 Å². The number of para-hydroxylation sites is 1. The van der Waals surface area contributed by atoms with Gasteiger partial charge in [-0.3, -0.25) is 0 Å². The molecule has 2 rings (SSSR count). The molecule has 0 radical (unpaired) electrons. The summed E-state index contributed by atoms with van der Waals surface area (Å²) in [6.07, 6.45) is 2.34. The summed E-state index contributed by atoms with van der Waals surface area (Å²) in [6.45, 7) is 5.65. The van der Waals surface area contributed by atoms with Crippen molar-refractivity contribution in [3.8, 4) is 11.5 Å². The van der Waals surface area contributed by atoms with Crippen LogP contribution in [0.1, 0.15) is 26.7 Å². The van der Waals surface area contributed by atoms with Crippen LogP contribution in [0.5, 0.6) is 11.5 Å². The predicted molar refractivity (Wildman–Crippen MR) is 65.4 cm³/mol. The van der Waals surface area contributed by atoms with Crippen molar-refractivity contribution < 1.29 is 9.47 Å². The molecule has 1 N–H and O–H groups in total. The Hall–Kier alpha value is -1.38. The van der Waals surface area contributed by atoms with Crippen LogP contribution in [0.25, 0.3) is 0 Å². The van der Waals surface area contributed by atoms with Gasteiger partial charge in [0.1, 0.15) is 13.2 Å². The molecular weight excluding hydrogens is 202 g/mol. The Bertz CT molecular complexity index is 352. The molecule has 0 spiro atoms. The smallest absolute Gasteiger partial charge is 0.184 e. The molecule has 16 heavy (non-hydrogen) atoms. The van der Waals surface area contributed by atoms with Gasteiger partial charge >= 0.3 is 0 Å². The van der Waals surface area contributed by atoms with Crippen LogP contribution in [0, 0.1) is 0 Å². The Morgan fingerprint density at radius 1 is 1.31 bits per heavy atom. The third-order valence-corrected chi connectivity index (χ3v) is 2.69. The van der Waals surface area contributed by atoms with Crippen LogP contribution in [0.3, 0.4) is 0 Å². The van der Waals surface area contributed by atoms with Gasteiger partial charge in [-0.2, -0.15) is 0 Å². The minimum atomic E-state index is 0.460. The van der Waals surface area contributed by atoms with Crippen LogP contribution in [0.4, 0.5) is 5.69 Å². The molecule has 0 saturated carbocycles. The standard InChI is InChI=1S/C13H19NO2/c1-3-5-10(2)14-11-6-4-7-12-13(11)16-9-8-15-12/h4,6-7,10,14H,3,5,8-9H2,1-2H3. The molecule has 0 fully saturated rings. The van der Waals surface area contributed by atoms with E-state index in [1.54, 1.807) is 0 Å². The van der Waals surface area contributed by atoms with Crippen molar-refractivity contribution in [2.24, 2.45) is 0 Å². The fourth-order valence-electron chi connectivity index (χ4n) is 1.96. The van der Waals surface area contributed by atoms with E-state index in [0.717, 1.165) is 23.6 Å². The van der Waals surface area contributed by atoms with E-state index in [-0.39, 0.29) is 0 Å². The molecule has 1 unspecified atom stereocenters. The van der Waals surface area contributed by atoms with Gasteiger partial charge in [-0.05, 0) is 25.5 Å². The molecule has 0 bridgehead atoms. The SMILES string of the molecule is CCCC(C)Nc1cccc2c1OCCO2. The molecule has 0 saturated heterocycles. The molecule has 0 aromatic heterocycles. The highest BCUT2D eigenvalue weighted by Crippen LogP contribution is 2.37. The minimum Gasteiger partial charge on any atom is -0.486 e. The molecule has 0 aliphatic carbocycles. The number of hydrogen-bond donors (Lipinski definition) is 1. The Morgan fingerprint density at radius 3 is 2.94 bits per heavy atom. The number of benzene rings is 1. The summed E-state index contributed by atoms with van der Waals surface area (Å²) in [5.41, 5.74) is 1.04. The maximum absolute atomic E-state index is 5.65. The zero-order chi connectivity index (χ0) is 11.4. The van der Waals surface area contributed by atoms with Gasteiger partial charge in [0.15, 0.2) is 11.5 Å². The van der Waals surface area contributed by atoms with E-state index in [4.69, 9.17) is 9.47 Å². The van der Waals surface area contributed by atoms with Crippen molar-refractivity contribution in [3.63, 3.8) is 0 Å². The number of ether oxygens (including phenoxy) is 2. The number of fused-ring (bicyclic) bond motifs is 1. The molecule has 1 aromatic rings. The van der Waals surface area contributed by atoms with Crippen LogP contribution in [0.15, 0.2) is 18.2 Å². The third-order valence-electron chi connectivity index (χ3n) is 2.69. The van der Waals surface area contributed by atoms with Gasteiger partial charge in [-0.1, -0.05) is 19.4 Å². The zero-order valence-electron chi connectivity index (χ0n) is 9.95. The Morgan fingerprint density at radius 2 is 2.12 bits per heavy atom. The summed E-state index contributed by atoms with van der Waals surface area (Å²) in [5, 5.41) is 3.47. The summed E-state index contributed by atoms with van der Waals surface area (Å²) in [5.74, 6) is 1.71. The van der Waals surface area contributed by atoms with Crippen LogP contribution < -0.4 is 14.8 Å². The Kier molecular flexibility index (Phi) is 3.54. The van der Waals surface area contributed by atoms with Crippen molar-refractivity contribution in [3.05, 3.63) is 18.2 Å². The van der Waals surface area contributed by atoms with E-state index in [2.05, 4.69) is 19.2 Å². The Balaban J connectivity index is 2.14. The molecule has 1 aliphatic rings. The number of hydrogen-bond acceptors (Lipinski definition) is 3. The number of nitrogens with one attached hydrogen (secondary N) is 1. The molecule has 0 amide bonds. The highest BCUT2D eigenvalue weighted by Gasteiger charge is 2.16. The summed E-state index contributed by atoms with van der Waals surface area (Å²) in [6, 6.07) is 6.44. The van der Waals surface area contributed by atoms with E-state index in [1.165, 1.54) is 6.42 Å². The van der Waals surface area contributed by atoms with E-state index in [1.807, 2.05) is 18.2 Å². The lowest BCUT2D eigenvalue weighted by Crippen LogP contribution is -2.19. The fraction of sp³-hybridized carbons (Fsp3) is 0.538. The monoisotopic (exact) mass is 221 g/mol. The normalized spacial score (nSPS) is 15.6. The van der Waals surface area contributed by atoms with E-state index in [0.29, 0.717) is 19.3 Å². The second-order valence-electron chi connectivity index (χ2n) is 4.16. The van der Waals surface area contributed by atoms with Crippen LogP contribution in [-0.2, 0) is 0 Å². The van der Waals surface area contributed by atoms with Crippen LogP contribution in [-0.4, -0.2) is 19.3 Å². The maximum Gasteiger partial charge on any atom is 0.184 e. The summed E-state index contributed by atoms with van der Waals surface area (Å²) >= 11 is 0. The predicted octanol–water partition coefficient (Wildman–Crippen LogP) is 3.06. The van der Waals surface area contributed by atoms with Crippen molar-refractivity contribution in [1.29, 1.82) is 0 Å². The van der Waals surface area contributed by atoms with E-state index >= 15 is 0 Å². The lowest BCUT2D eigenvalue weighted by atomic mass is 10.1. The average Bonchev–Trinajstić information content (AvgIpc) is 2.30. The summed E-state index contributed by atoms with van der Waals surface area (Å²) < 4.78 is 11.2. The highest BCUT2D eigenvalue weighted by atomic mass is 16.6. The summed E-state index contributed by atoms with van der Waals surface area (Å²) in [7, 11) is 0. The fourth-order valence-corrected chi connectivity index (χ4v) is 1.96. The Labute approximate surface area is 96.8 Å². The van der Waals surface area contributed by atoms with Crippen molar-refractivity contribution in [2.75, 3.05) is 18.5 Å². The lowest BCUT2D eigenvalue weighted by Gasteiger charge is -2.23. The number of rotatable bonds is 4. The molecule has 1 aliphatic heterocycles. The average molecular weight is 221 g/mol. The third kappa shape index (κ3) is 2.40. The van der Waals surface area contributed by atoms with Gasteiger partial charge in [-0.25, -0.2) is 0 Å². The summed E-state index contributed by atoms with van der Waals surface area (Å²) in [4.78, 5) is 0. The second kappa shape index (κ2) is 5.10. The van der Waals surface area contributed by atoms with E-state index in [9.17, 15) is 0 Å². The largest absolute Gasteiger partial charge is 0.486 e. The van der Waals surface area contributed by atoms with Gasteiger partial charge in [0, 0.05) is 6.04 Å². The van der Waals surface area contributed by atoms with Gasteiger partial charge in [0.05, 0.1) is 5.69 Å². The molecule has 3 nitrogen and oxygen atoms in total. The molecule has 1 aromatic carbocycles. The van der Waals surface area contributed by atoms with Crippen molar-refractivity contribution in [2.45, 2.75) is 32.7 Å². The molecular formula is C13H19NO2. The zero-order valence-corrected chi connectivity index (χ0v) is 9.95.